The zero-order valence-electron chi connectivity index (χ0n) is 15.2. The molecule has 0 radical (unpaired) electrons. The highest BCUT2D eigenvalue weighted by Gasteiger charge is 2.14. The number of para-hydroxylation sites is 1. The van der Waals surface area contributed by atoms with E-state index in [0.29, 0.717) is 28.1 Å². The molecule has 3 rings (SSSR count). The van der Waals surface area contributed by atoms with Gasteiger partial charge in [0, 0.05) is 30.4 Å². The summed E-state index contributed by atoms with van der Waals surface area (Å²) >= 11 is 2.66. The van der Waals surface area contributed by atoms with Crippen LogP contribution in [0.1, 0.15) is 25.9 Å². The van der Waals surface area contributed by atoms with Crippen LogP contribution in [0.2, 0.25) is 0 Å². The van der Waals surface area contributed by atoms with E-state index in [4.69, 9.17) is 0 Å². The summed E-state index contributed by atoms with van der Waals surface area (Å²) in [7, 11) is 0. The summed E-state index contributed by atoms with van der Waals surface area (Å²) in [6.07, 6.45) is 3.41. The average molecular weight is 414 g/mol. The number of pyridine rings is 1. The van der Waals surface area contributed by atoms with Crippen LogP contribution in [-0.2, 0) is 17.1 Å². The van der Waals surface area contributed by atoms with Crippen LogP contribution in [-0.4, -0.2) is 32.7 Å². The number of thioether (sulfide) groups is 1. The zero-order chi connectivity index (χ0) is 19.8. The van der Waals surface area contributed by atoms with E-state index in [2.05, 4.69) is 25.8 Å². The van der Waals surface area contributed by atoms with Gasteiger partial charge in [0.15, 0.2) is 0 Å². The maximum Gasteiger partial charge on any atom is 0.286 e. The number of benzene rings is 1. The predicted molar refractivity (Wildman–Crippen MR) is 111 cm³/mol. The molecule has 0 saturated heterocycles. The molecule has 7 nitrogen and oxygen atoms in total. The maximum absolute atomic E-state index is 12.3. The van der Waals surface area contributed by atoms with E-state index in [1.165, 1.54) is 23.1 Å². The monoisotopic (exact) mass is 413 g/mol. The van der Waals surface area contributed by atoms with Crippen LogP contribution in [0.15, 0.2) is 48.8 Å². The summed E-state index contributed by atoms with van der Waals surface area (Å²) in [6.45, 7) is 2.38. The molecule has 0 aliphatic carbocycles. The minimum atomic E-state index is -0.280. The number of carbonyl (C=O) groups excluding carboxylic acids is 2. The van der Waals surface area contributed by atoms with E-state index in [9.17, 15) is 9.59 Å². The molecule has 9 heteroatoms. The topological polar surface area (TPSA) is 96.9 Å². The van der Waals surface area contributed by atoms with Gasteiger partial charge in [0.1, 0.15) is 5.01 Å². The Bertz CT molecular complexity index is 946. The van der Waals surface area contributed by atoms with Gasteiger partial charge in [-0.2, -0.15) is 0 Å². The zero-order valence-corrected chi connectivity index (χ0v) is 16.8. The van der Waals surface area contributed by atoms with Gasteiger partial charge in [0.25, 0.3) is 5.91 Å². The first-order valence-electron chi connectivity index (χ1n) is 8.54. The van der Waals surface area contributed by atoms with E-state index in [1.807, 2.05) is 43.3 Å². The molecular formula is C19H19N5O2S2. The van der Waals surface area contributed by atoms with Crippen LogP contribution in [0.5, 0.6) is 0 Å². The second kappa shape index (κ2) is 9.95. The number of aromatic nitrogens is 3. The fraction of sp³-hybridized carbons (Fsp3) is 0.211. The van der Waals surface area contributed by atoms with Crippen molar-refractivity contribution in [3.8, 4) is 0 Å². The van der Waals surface area contributed by atoms with Crippen molar-refractivity contribution in [2.75, 3.05) is 11.1 Å². The molecule has 0 saturated carbocycles. The molecule has 0 unspecified atom stereocenters. The highest BCUT2D eigenvalue weighted by atomic mass is 32.2. The summed E-state index contributed by atoms with van der Waals surface area (Å²) in [4.78, 5) is 28.2. The van der Waals surface area contributed by atoms with Gasteiger partial charge < -0.3 is 10.6 Å². The minimum Gasteiger partial charge on any atom is -0.351 e. The standard InChI is InChI=1S/C19H19N5O2S2/c1-13-5-2-3-7-15(13)22-18(26)19-24-23-17(28-19)12-27-11-16(25)21-10-14-6-4-8-20-9-14/h2-9H,10-12H2,1H3,(H,21,25)(H,22,26). The molecule has 1 aromatic carbocycles. The molecule has 2 heterocycles. The summed E-state index contributed by atoms with van der Waals surface area (Å²) in [5.41, 5.74) is 2.69. The lowest BCUT2D eigenvalue weighted by molar-refractivity contribution is -0.118. The molecule has 3 aromatic rings. The number of aryl methyl sites for hydroxylation is 1. The molecule has 0 bridgehead atoms. The van der Waals surface area contributed by atoms with Gasteiger partial charge in [0.2, 0.25) is 10.9 Å². The molecular weight excluding hydrogens is 394 g/mol. The summed E-state index contributed by atoms with van der Waals surface area (Å²) in [5.74, 6) is 0.494. The highest BCUT2D eigenvalue weighted by molar-refractivity contribution is 7.99. The van der Waals surface area contributed by atoms with Gasteiger partial charge in [-0.25, -0.2) is 0 Å². The number of hydrogen-bond donors (Lipinski definition) is 2. The summed E-state index contributed by atoms with van der Waals surface area (Å²) < 4.78 is 0. The van der Waals surface area contributed by atoms with Crippen LogP contribution >= 0.6 is 23.1 Å². The summed E-state index contributed by atoms with van der Waals surface area (Å²) in [5, 5.41) is 14.7. The molecule has 0 atom stereocenters. The van der Waals surface area contributed by atoms with Crippen molar-refractivity contribution < 1.29 is 9.59 Å². The molecule has 2 N–H and O–H groups in total. The van der Waals surface area contributed by atoms with Crippen LogP contribution in [0, 0.1) is 6.92 Å². The number of nitrogens with one attached hydrogen (secondary N) is 2. The second-order valence-electron chi connectivity index (χ2n) is 5.90. The first-order chi connectivity index (χ1) is 13.6. The first kappa shape index (κ1) is 20.0. The molecule has 2 aromatic heterocycles. The normalized spacial score (nSPS) is 10.5. The molecule has 0 spiro atoms. The van der Waals surface area contributed by atoms with Crippen LogP contribution in [0.4, 0.5) is 5.69 Å². The number of nitrogens with zero attached hydrogens (tertiary/aromatic N) is 3. The lowest BCUT2D eigenvalue weighted by Crippen LogP contribution is -2.24. The Kier molecular flexibility index (Phi) is 7.10. The van der Waals surface area contributed by atoms with E-state index < -0.39 is 0 Å². The Balaban J connectivity index is 1.42. The maximum atomic E-state index is 12.3. The van der Waals surface area contributed by atoms with Crippen LogP contribution in [0.25, 0.3) is 0 Å². The quantitative estimate of drug-likeness (QED) is 0.589. The molecule has 28 heavy (non-hydrogen) atoms. The first-order valence-corrected chi connectivity index (χ1v) is 10.5. The van der Waals surface area contributed by atoms with Crippen LogP contribution < -0.4 is 10.6 Å². The van der Waals surface area contributed by atoms with Gasteiger partial charge in [-0.05, 0) is 30.2 Å². The van der Waals surface area contributed by atoms with Crippen molar-refractivity contribution in [3.63, 3.8) is 0 Å². The number of amides is 2. The van der Waals surface area contributed by atoms with Crippen molar-refractivity contribution in [2.45, 2.75) is 19.2 Å². The van der Waals surface area contributed by atoms with Crippen molar-refractivity contribution in [1.82, 2.24) is 20.5 Å². The largest absolute Gasteiger partial charge is 0.351 e. The molecule has 0 aliphatic heterocycles. The van der Waals surface area contributed by atoms with E-state index in [0.717, 1.165) is 16.8 Å². The number of anilines is 1. The molecule has 2 amide bonds. The fourth-order valence-electron chi connectivity index (χ4n) is 2.28. The highest BCUT2D eigenvalue weighted by Crippen LogP contribution is 2.19. The summed E-state index contributed by atoms with van der Waals surface area (Å²) in [6, 6.07) is 11.3. The van der Waals surface area contributed by atoms with Gasteiger partial charge in [0.05, 0.1) is 5.75 Å². The lowest BCUT2D eigenvalue weighted by atomic mass is 10.2. The number of hydrogen-bond acceptors (Lipinski definition) is 7. The number of carbonyl (C=O) groups is 2. The second-order valence-corrected chi connectivity index (χ2v) is 7.95. The Hall–Kier alpha value is -2.78. The molecule has 0 aliphatic rings. The third kappa shape index (κ3) is 5.86. The van der Waals surface area contributed by atoms with E-state index in [-0.39, 0.29) is 11.8 Å². The van der Waals surface area contributed by atoms with Gasteiger partial charge in [-0.3, -0.25) is 14.6 Å². The molecule has 144 valence electrons. The van der Waals surface area contributed by atoms with Crippen molar-refractivity contribution >= 4 is 40.6 Å². The predicted octanol–water partition coefficient (Wildman–Crippen LogP) is 3.04. The van der Waals surface area contributed by atoms with Gasteiger partial charge >= 0.3 is 0 Å². The number of rotatable bonds is 8. The minimum absolute atomic E-state index is 0.0594. The Labute approximate surface area is 171 Å². The van der Waals surface area contributed by atoms with Crippen LogP contribution in [0.3, 0.4) is 0 Å². The fourth-order valence-corrected chi connectivity index (χ4v) is 3.92. The third-order valence-corrected chi connectivity index (χ3v) is 5.77. The lowest BCUT2D eigenvalue weighted by Gasteiger charge is -2.05. The smallest absolute Gasteiger partial charge is 0.286 e. The van der Waals surface area contributed by atoms with Crippen molar-refractivity contribution in [3.05, 3.63) is 69.9 Å². The van der Waals surface area contributed by atoms with E-state index in [1.54, 1.807) is 12.4 Å². The Morgan fingerprint density at radius 2 is 2.00 bits per heavy atom. The molecule has 0 fully saturated rings. The Morgan fingerprint density at radius 1 is 1.14 bits per heavy atom. The average Bonchev–Trinajstić information content (AvgIpc) is 3.18. The van der Waals surface area contributed by atoms with E-state index >= 15 is 0 Å². The third-order valence-electron chi connectivity index (χ3n) is 3.73. The van der Waals surface area contributed by atoms with Gasteiger partial charge in [-0.15, -0.1) is 22.0 Å². The van der Waals surface area contributed by atoms with Gasteiger partial charge in [-0.1, -0.05) is 35.6 Å². The Morgan fingerprint density at radius 3 is 2.79 bits per heavy atom. The van der Waals surface area contributed by atoms with Crippen molar-refractivity contribution in [1.29, 1.82) is 0 Å². The SMILES string of the molecule is Cc1ccccc1NC(=O)c1nnc(CSCC(=O)NCc2cccnc2)s1. The van der Waals surface area contributed by atoms with Crippen molar-refractivity contribution in [2.24, 2.45) is 0 Å².